The lowest BCUT2D eigenvalue weighted by atomic mass is 10.1. The first-order valence-corrected chi connectivity index (χ1v) is 17.0. The molecule has 6 heteroatoms. The molecule has 0 aliphatic heterocycles. The van der Waals surface area contributed by atoms with Gasteiger partial charge in [-0.1, -0.05) is 115 Å². The van der Waals surface area contributed by atoms with Gasteiger partial charge in [-0.15, -0.1) is 0 Å². The number of furan rings is 1. The maximum Gasteiger partial charge on any atom is 0.238 e. The number of para-hydroxylation sites is 4. The van der Waals surface area contributed by atoms with Crippen molar-refractivity contribution in [2.45, 2.75) is 0 Å². The highest BCUT2D eigenvalue weighted by Gasteiger charge is 2.21. The lowest BCUT2D eigenvalue weighted by Gasteiger charge is -2.12. The molecule has 0 spiro atoms. The lowest BCUT2D eigenvalue weighted by Crippen LogP contribution is -2.06. The fourth-order valence-corrected chi connectivity index (χ4v) is 7.68. The van der Waals surface area contributed by atoms with Crippen molar-refractivity contribution in [1.29, 1.82) is 0 Å². The van der Waals surface area contributed by atoms with Crippen LogP contribution in [0.2, 0.25) is 0 Å². The third-order valence-corrected chi connectivity index (χ3v) is 9.97. The highest BCUT2D eigenvalue weighted by Crippen LogP contribution is 2.39. The third kappa shape index (κ3) is 4.20. The van der Waals surface area contributed by atoms with E-state index in [1.54, 1.807) is 0 Å². The van der Waals surface area contributed by atoms with Crippen LogP contribution >= 0.6 is 0 Å². The molecule has 11 rings (SSSR count). The number of nitrogens with zero attached hydrogens (tertiary/aromatic N) is 5. The molecule has 0 fully saturated rings. The number of rotatable bonds is 4. The first-order valence-electron chi connectivity index (χ1n) is 17.0. The second kappa shape index (κ2) is 10.7. The predicted molar refractivity (Wildman–Crippen MR) is 207 cm³/mol. The van der Waals surface area contributed by atoms with Crippen LogP contribution < -0.4 is 0 Å². The summed E-state index contributed by atoms with van der Waals surface area (Å²) in [5.74, 6) is 1.77. The summed E-state index contributed by atoms with van der Waals surface area (Å²) >= 11 is 0. The zero-order chi connectivity index (χ0) is 33.5. The van der Waals surface area contributed by atoms with E-state index in [9.17, 15) is 0 Å². The summed E-state index contributed by atoms with van der Waals surface area (Å²) in [5, 5.41) is 6.69. The molecule has 0 saturated carbocycles. The van der Waals surface area contributed by atoms with Crippen LogP contribution in [0.4, 0.5) is 0 Å². The molecule has 0 amide bonds. The van der Waals surface area contributed by atoms with Gasteiger partial charge in [-0.3, -0.25) is 4.57 Å². The Hall–Kier alpha value is -7.05. The molecule has 0 aliphatic carbocycles. The molecule has 0 unspecified atom stereocenters. The summed E-state index contributed by atoms with van der Waals surface area (Å²) < 4.78 is 10.8. The van der Waals surface area contributed by atoms with Gasteiger partial charge < -0.3 is 8.98 Å². The van der Waals surface area contributed by atoms with Crippen molar-refractivity contribution < 1.29 is 4.42 Å². The SMILES string of the molecule is c1ccc(-c2nc(-c3ccc4c5ccccc5n(-c5ccccc5)c4c3)nc(-n3c4ccccc4c4cc5oc6ccccc6c5cc43)n2)cc1. The minimum Gasteiger partial charge on any atom is -0.456 e. The van der Waals surface area contributed by atoms with E-state index in [1.807, 2.05) is 42.5 Å². The van der Waals surface area contributed by atoms with Crippen molar-refractivity contribution in [3.05, 3.63) is 164 Å². The van der Waals surface area contributed by atoms with E-state index in [1.165, 1.54) is 10.8 Å². The number of benzene rings is 7. The van der Waals surface area contributed by atoms with E-state index < -0.39 is 0 Å². The Bertz CT molecular complexity index is 3140. The molecule has 4 heterocycles. The van der Waals surface area contributed by atoms with E-state index >= 15 is 0 Å². The number of hydrogen-bond acceptors (Lipinski definition) is 4. The van der Waals surface area contributed by atoms with Gasteiger partial charge in [0.2, 0.25) is 5.95 Å². The van der Waals surface area contributed by atoms with E-state index in [-0.39, 0.29) is 0 Å². The Labute approximate surface area is 291 Å². The van der Waals surface area contributed by atoms with Crippen LogP contribution in [0.1, 0.15) is 0 Å². The van der Waals surface area contributed by atoms with Gasteiger partial charge in [0.15, 0.2) is 11.6 Å². The molecule has 7 aromatic carbocycles. The van der Waals surface area contributed by atoms with Crippen LogP contribution in [0.5, 0.6) is 0 Å². The lowest BCUT2D eigenvalue weighted by molar-refractivity contribution is 0.669. The fraction of sp³-hybridized carbons (Fsp3) is 0. The Balaban J connectivity index is 1.21. The average Bonchev–Trinajstić information content (AvgIpc) is 3.84. The summed E-state index contributed by atoms with van der Waals surface area (Å²) in [5.41, 5.74) is 8.92. The maximum atomic E-state index is 6.32. The monoisotopic (exact) mass is 653 g/mol. The summed E-state index contributed by atoms with van der Waals surface area (Å²) in [4.78, 5) is 15.6. The smallest absolute Gasteiger partial charge is 0.238 e. The second-order valence-electron chi connectivity index (χ2n) is 12.9. The van der Waals surface area contributed by atoms with E-state index in [2.05, 4.69) is 130 Å². The van der Waals surface area contributed by atoms with Gasteiger partial charge in [0.25, 0.3) is 0 Å². The number of fused-ring (bicyclic) bond motifs is 9. The Morgan fingerprint density at radius 1 is 0.353 bits per heavy atom. The van der Waals surface area contributed by atoms with Crippen molar-refractivity contribution in [2.24, 2.45) is 0 Å². The van der Waals surface area contributed by atoms with Crippen LogP contribution in [-0.2, 0) is 0 Å². The maximum absolute atomic E-state index is 6.32. The van der Waals surface area contributed by atoms with E-state index in [4.69, 9.17) is 19.4 Å². The minimum absolute atomic E-state index is 0.556. The molecule has 0 radical (unpaired) electrons. The summed E-state index contributed by atoms with van der Waals surface area (Å²) in [7, 11) is 0. The average molecular weight is 654 g/mol. The summed E-state index contributed by atoms with van der Waals surface area (Å²) in [6.45, 7) is 0. The van der Waals surface area contributed by atoms with Gasteiger partial charge in [0.05, 0.1) is 22.1 Å². The topological polar surface area (TPSA) is 61.7 Å². The van der Waals surface area contributed by atoms with Gasteiger partial charge in [-0.25, -0.2) is 4.98 Å². The molecule has 0 N–H and O–H groups in total. The van der Waals surface area contributed by atoms with Crippen LogP contribution in [-0.4, -0.2) is 24.1 Å². The molecular weight excluding hydrogens is 627 g/mol. The Morgan fingerprint density at radius 2 is 0.941 bits per heavy atom. The van der Waals surface area contributed by atoms with Crippen molar-refractivity contribution in [1.82, 2.24) is 24.1 Å². The van der Waals surface area contributed by atoms with E-state index in [0.717, 1.165) is 71.6 Å². The fourth-order valence-electron chi connectivity index (χ4n) is 7.68. The van der Waals surface area contributed by atoms with Gasteiger partial charge in [-0.05, 0) is 48.5 Å². The van der Waals surface area contributed by atoms with Crippen molar-refractivity contribution in [2.75, 3.05) is 0 Å². The summed E-state index contributed by atoms with van der Waals surface area (Å²) in [6, 6.07) is 56.7. The molecule has 51 heavy (non-hydrogen) atoms. The van der Waals surface area contributed by atoms with Crippen LogP contribution in [0.25, 0.3) is 100.0 Å². The Morgan fingerprint density at radius 3 is 1.73 bits per heavy atom. The van der Waals surface area contributed by atoms with Crippen molar-refractivity contribution in [3.8, 4) is 34.4 Å². The molecule has 4 aromatic heterocycles. The quantitative estimate of drug-likeness (QED) is 0.190. The Kier molecular flexibility index (Phi) is 5.86. The minimum atomic E-state index is 0.556. The van der Waals surface area contributed by atoms with Crippen LogP contribution in [0.15, 0.2) is 168 Å². The van der Waals surface area contributed by atoms with Gasteiger partial charge in [0, 0.05) is 49.1 Å². The molecule has 238 valence electrons. The summed E-state index contributed by atoms with van der Waals surface area (Å²) in [6.07, 6.45) is 0. The first-order chi connectivity index (χ1) is 25.3. The standard InChI is InChI=1S/C45H27N5O/c1-3-13-28(14-4-1)43-46-44(29-23-24-33-31-17-7-10-20-37(31)49(39(33)25-29)30-15-5-2-6-16-30)48-45(47-43)50-38-21-11-8-18-32(38)35-27-42-36(26-40(35)50)34-19-9-12-22-41(34)51-42/h1-27H. The van der Waals surface area contributed by atoms with Crippen molar-refractivity contribution in [3.63, 3.8) is 0 Å². The largest absolute Gasteiger partial charge is 0.456 e. The molecule has 0 aliphatic rings. The van der Waals surface area contributed by atoms with Gasteiger partial charge in [-0.2, -0.15) is 9.97 Å². The second-order valence-corrected chi connectivity index (χ2v) is 12.9. The molecular formula is C45H27N5O. The van der Waals surface area contributed by atoms with Gasteiger partial charge >= 0.3 is 0 Å². The first kappa shape index (κ1) is 27.9. The molecule has 0 saturated heterocycles. The zero-order valence-corrected chi connectivity index (χ0v) is 27.2. The van der Waals surface area contributed by atoms with E-state index in [0.29, 0.717) is 17.6 Å². The van der Waals surface area contributed by atoms with Gasteiger partial charge in [0.1, 0.15) is 11.2 Å². The predicted octanol–water partition coefficient (Wildman–Crippen LogP) is 11.3. The number of hydrogen-bond donors (Lipinski definition) is 0. The van der Waals surface area contributed by atoms with Crippen LogP contribution in [0, 0.1) is 0 Å². The molecule has 6 nitrogen and oxygen atoms in total. The zero-order valence-electron chi connectivity index (χ0n) is 27.2. The van der Waals surface area contributed by atoms with Crippen LogP contribution in [0.3, 0.4) is 0 Å². The highest BCUT2D eigenvalue weighted by molar-refractivity contribution is 6.17. The number of aromatic nitrogens is 5. The van der Waals surface area contributed by atoms with Crippen molar-refractivity contribution >= 4 is 65.6 Å². The molecule has 11 aromatic rings. The third-order valence-electron chi connectivity index (χ3n) is 9.97. The highest BCUT2D eigenvalue weighted by atomic mass is 16.3. The molecule has 0 atom stereocenters. The molecule has 0 bridgehead atoms. The normalized spacial score (nSPS) is 11.9.